The van der Waals surface area contributed by atoms with E-state index in [1.807, 2.05) is 30.3 Å². The molecule has 6 rings (SSSR count). The second-order valence-corrected chi connectivity index (χ2v) is 11.6. The predicted octanol–water partition coefficient (Wildman–Crippen LogP) is 9.20. The van der Waals surface area contributed by atoms with Crippen LogP contribution in [0.15, 0.2) is 108 Å². The molecule has 0 bridgehead atoms. The van der Waals surface area contributed by atoms with E-state index in [-0.39, 0.29) is 11.2 Å². The number of aromatic hydroxyl groups is 1. The zero-order valence-corrected chi connectivity index (χ0v) is 22.1. The lowest BCUT2D eigenvalue weighted by atomic mass is 9.83. The van der Waals surface area contributed by atoms with Crippen LogP contribution in [0.4, 0.5) is 0 Å². The highest BCUT2D eigenvalue weighted by molar-refractivity contribution is 8.14. The molecule has 0 spiro atoms. The Labute approximate surface area is 222 Å². The number of hydrogen-bond donors (Lipinski definition) is 1. The lowest BCUT2D eigenvalue weighted by molar-refractivity contribution is 0.474. The fourth-order valence-corrected chi connectivity index (χ4v) is 5.96. The van der Waals surface area contributed by atoms with Gasteiger partial charge >= 0.3 is 0 Å². The smallest absolute Gasteiger partial charge is 0.132 e. The molecule has 0 aliphatic carbocycles. The molecule has 1 aliphatic heterocycles. The number of aliphatic imine (C=N–C) groups is 1. The quantitative estimate of drug-likeness (QED) is 0.251. The van der Waals surface area contributed by atoms with E-state index in [2.05, 4.69) is 93.6 Å². The second-order valence-electron chi connectivity index (χ2n) is 10.5. The van der Waals surface area contributed by atoms with Gasteiger partial charge < -0.3 is 5.11 Å². The highest BCUT2D eigenvalue weighted by atomic mass is 32.2. The summed E-state index contributed by atoms with van der Waals surface area (Å²) in [6, 6.07) is 33.7. The van der Waals surface area contributed by atoms with Gasteiger partial charge in [0, 0.05) is 22.4 Å². The van der Waals surface area contributed by atoms with Crippen LogP contribution >= 0.6 is 11.8 Å². The summed E-state index contributed by atoms with van der Waals surface area (Å²) in [5.74, 6) is 1.08. The number of fused-ring (bicyclic) bond motifs is 2. The number of benzene rings is 5. The monoisotopic (exact) mass is 499 g/mol. The molecule has 0 saturated carbocycles. The van der Waals surface area contributed by atoms with Gasteiger partial charge in [-0.1, -0.05) is 99.6 Å². The molecule has 37 heavy (non-hydrogen) atoms. The summed E-state index contributed by atoms with van der Waals surface area (Å²) in [6.07, 6.45) is 2.14. The van der Waals surface area contributed by atoms with Crippen LogP contribution in [0.5, 0.6) is 5.75 Å². The van der Waals surface area contributed by atoms with Crippen molar-refractivity contribution in [2.75, 3.05) is 5.75 Å². The van der Waals surface area contributed by atoms with E-state index < -0.39 is 0 Å². The second kappa shape index (κ2) is 9.24. The van der Waals surface area contributed by atoms with Crippen LogP contribution in [-0.4, -0.2) is 15.9 Å². The van der Waals surface area contributed by atoms with Crippen LogP contribution in [0.25, 0.3) is 38.4 Å². The number of nitrogens with zero attached hydrogens (tertiary/aromatic N) is 1. The van der Waals surface area contributed by atoms with E-state index in [0.717, 1.165) is 33.2 Å². The Kier molecular flexibility index (Phi) is 5.89. The van der Waals surface area contributed by atoms with Crippen molar-refractivity contribution >= 4 is 44.0 Å². The fraction of sp³-hybridized carbons (Fsp3) is 0.147. The van der Waals surface area contributed by atoms with E-state index in [1.54, 1.807) is 11.8 Å². The minimum Gasteiger partial charge on any atom is -0.507 e. The van der Waals surface area contributed by atoms with Crippen LogP contribution in [-0.2, 0) is 5.41 Å². The van der Waals surface area contributed by atoms with Gasteiger partial charge in [-0.05, 0) is 62.4 Å². The Balaban J connectivity index is 1.57. The summed E-state index contributed by atoms with van der Waals surface area (Å²) in [4.78, 5) is 5.22. The first kappa shape index (κ1) is 23.6. The van der Waals surface area contributed by atoms with Gasteiger partial charge in [0.25, 0.3) is 0 Å². The first-order valence-electron chi connectivity index (χ1n) is 12.7. The highest BCUT2D eigenvalue weighted by Gasteiger charge is 2.23. The van der Waals surface area contributed by atoms with Gasteiger partial charge in [-0.25, -0.2) is 4.99 Å². The maximum Gasteiger partial charge on any atom is 0.132 e. The molecule has 0 fully saturated rings. The topological polar surface area (TPSA) is 32.6 Å². The Bertz CT molecular complexity index is 1650. The summed E-state index contributed by atoms with van der Waals surface area (Å²) in [5.41, 5.74) is 5.72. The van der Waals surface area contributed by atoms with Crippen LogP contribution in [0, 0.1) is 0 Å². The van der Waals surface area contributed by atoms with Crippen LogP contribution in [0.2, 0.25) is 0 Å². The van der Waals surface area contributed by atoms with Crippen LogP contribution < -0.4 is 0 Å². The zero-order valence-electron chi connectivity index (χ0n) is 21.3. The number of thioether (sulfide) groups is 1. The number of phenolic OH excluding ortho intramolecular Hbond substituents is 1. The van der Waals surface area contributed by atoms with Gasteiger partial charge in [0.2, 0.25) is 0 Å². The van der Waals surface area contributed by atoms with Crippen LogP contribution in [0.1, 0.15) is 37.5 Å². The van der Waals surface area contributed by atoms with Crippen molar-refractivity contribution in [2.24, 2.45) is 4.99 Å². The molecule has 2 nitrogen and oxygen atoms in total. The average Bonchev–Trinajstić information content (AvgIpc) is 2.91. The summed E-state index contributed by atoms with van der Waals surface area (Å²) in [6.45, 7) is 6.62. The third kappa shape index (κ3) is 4.34. The molecule has 5 aromatic rings. The summed E-state index contributed by atoms with van der Waals surface area (Å²) >= 11 is 1.75. The molecule has 0 aromatic heterocycles. The number of hydrogen-bond acceptors (Lipinski definition) is 3. The molecular formula is C34H29NOS. The SMILES string of the molecule is CC(C)(C)c1cc(C2=CCSC(c3c4ccccc4cc4ccccc34)=N2)c(O)c(-c2ccccc2)c1. The molecule has 5 aromatic carbocycles. The number of rotatable bonds is 3. The third-order valence-electron chi connectivity index (χ3n) is 7.04. The fourth-order valence-electron chi connectivity index (χ4n) is 5.03. The van der Waals surface area contributed by atoms with Gasteiger partial charge in [0.05, 0.1) is 5.70 Å². The van der Waals surface area contributed by atoms with E-state index in [9.17, 15) is 5.11 Å². The van der Waals surface area contributed by atoms with E-state index in [4.69, 9.17) is 4.99 Å². The van der Waals surface area contributed by atoms with Crippen LogP contribution in [0.3, 0.4) is 0 Å². The summed E-state index contributed by atoms with van der Waals surface area (Å²) < 4.78 is 0. The Morgan fingerprint density at radius 3 is 1.97 bits per heavy atom. The Morgan fingerprint density at radius 2 is 1.32 bits per heavy atom. The largest absolute Gasteiger partial charge is 0.507 e. The minimum atomic E-state index is -0.0751. The molecule has 1 N–H and O–H groups in total. The summed E-state index contributed by atoms with van der Waals surface area (Å²) in [5, 5.41) is 17.4. The van der Waals surface area contributed by atoms with E-state index in [0.29, 0.717) is 0 Å². The van der Waals surface area contributed by atoms with Crippen molar-refractivity contribution in [3.63, 3.8) is 0 Å². The van der Waals surface area contributed by atoms with Crippen molar-refractivity contribution in [2.45, 2.75) is 26.2 Å². The van der Waals surface area contributed by atoms with Gasteiger partial charge in [-0.2, -0.15) is 0 Å². The Morgan fingerprint density at radius 1 is 0.730 bits per heavy atom. The molecule has 182 valence electrons. The van der Waals surface area contributed by atoms with Gasteiger partial charge in [-0.3, -0.25) is 0 Å². The number of phenols is 1. The van der Waals surface area contributed by atoms with E-state index >= 15 is 0 Å². The van der Waals surface area contributed by atoms with E-state index in [1.165, 1.54) is 32.7 Å². The van der Waals surface area contributed by atoms with Crippen molar-refractivity contribution in [3.8, 4) is 16.9 Å². The molecule has 1 heterocycles. The maximum absolute atomic E-state index is 11.6. The molecule has 0 unspecified atom stereocenters. The molecular weight excluding hydrogens is 470 g/mol. The Hall–Kier alpha value is -3.82. The van der Waals surface area contributed by atoms with Crippen molar-refractivity contribution in [1.82, 2.24) is 0 Å². The lowest BCUT2D eigenvalue weighted by Gasteiger charge is -2.24. The first-order valence-corrected chi connectivity index (χ1v) is 13.6. The maximum atomic E-state index is 11.6. The lowest BCUT2D eigenvalue weighted by Crippen LogP contribution is -2.12. The highest BCUT2D eigenvalue weighted by Crippen LogP contribution is 2.42. The normalized spacial score (nSPS) is 14.0. The summed E-state index contributed by atoms with van der Waals surface area (Å²) in [7, 11) is 0. The molecule has 0 atom stereocenters. The van der Waals surface area contributed by atoms with Crippen molar-refractivity contribution in [3.05, 3.63) is 120 Å². The molecule has 0 saturated heterocycles. The van der Waals surface area contributed by atoms with Gasteiger partial charge in [0.1, 0.15) is 10.8 Å². The standard InChI is InChI=1S/C34H29NOS/c1-34(2,3)25-20-28(22-11-5-4-6-12-22)32(36)29(21-25)30-17-18-37-33(35-30)31-26-15-9-7-13-23(26)19-24-14-8-10-16-27(24)31/h4-17,19-21,36H,18H2,1-3H3. The van der Waals surface area contributed by atoms with Gasteiger partial charge in [-0.15, -0.1) is 11.8 Å². The predicted molar refractivity (Wildman–Crippen MR) is 161 cm³/mol. The third-order valence-corrected chi connectivity index (χ3v) is 7.94. The average molecular weight is 500 g/mol. The molecule has 1 aliphatic rings. The molecule has 0 amide bonds. The molecule has 3 heteroatoms. The zero-order chi connectivity index (χ0) is 25.6. The van der Waals surface area contributed by atoms with Crippen molar-refractivity contribution < 1.29 is 5.11 Å². The molecule has 0 radical (unpaired) electrons. The van der Waals surface area contributed by atoms with Gasteiger partial charge in [0.15, 0.2) is 0 Å². The first-order chi connectivity index (χ1) is 17.9. The minimum absolute atomic E-state index is 0.0751. The van der Waals surface area contributed by atoms with Crippen molar-refractivity contribution in [1.29, 1.82) is 0 Å².